The largest absolute Gasteiger partial charge is 0.382 e. The molecule has 2 rings (SSSR count). The average molecular weight is 237 g/mol. The van der Waals surface area contributed by atoms with Crippen molar-refractivity contribution in [2.75, 3.05) is 32.4 Å². The van der Waals surface area contributed by atoms with Crippen molar-refractivity contribution in [3.63, 3.8) is 0 Å². The fraction of sp³-hybridized carbons (Fsp3) is 0.636. The van der Waals surface area contributed by atoms with Gasteiger partial charge >= 0.3 is 0 Å². The first-order valence-electron chi connectivity index (χ1n) is 5.93. The van der Waals surface area contributed by atoms with Gasteiger partial charge in [0.25, 0.3) is 5.91 Å². The van der Waals surface area contributed by atoms with Gasteiger partial charge in [-0.15, -0.1) is 0 Å². The van der Waals surface area contributed by atoms with E-state index >= 15 is 0 Å². The summed E-state index contributed by atoms with van der Waals surface area (Å²) in [7, 11) is 2.13. The van der Waals surface area contributed by atoms with Crippen LogP contribution in [0.1, 0.15) is 23.3 Å². The number of aromatic nitrogens is 2. The fourth-order valence-electron chi connectivity index (χ4n) is 2.05. The predicted octanol–water partition coefficient (Wildman–Crippen LogP) is 0.0635. The van der Waals surface area contributed by atoms with E-state index in [4.69, 9.17) is 5.73 Å². The maximum atomic E-state index is 11.7. The third-order valence-electron chi connectivity index (χ3n) is 3.23. The lowest BCUT2D eigenvalue weighted by Gasteiger charge is -2.28. The predicted molar refractivity (Wildman–Crippen MR) is 65.6 cm³/mol. The molecule has 1 saturated heterocycles. The number of nitrogen functional groups attached to an aromatic ring is 1. The van der Waals surface area contributed by atoms with E-state index in [2.05, 4.69) is 27.5 Å². The highest BCUT2D eigenvalue weighted by atomic mass is 16.1. The monoisotopic (exact) mass is 237 g/mol. The molecule has 0 aliphatic carbocycles. The molecule has 0 bridgehead atoms. The molecule has 0 radical (unpaired) electrons. The van der Waals surface area contributed by atoms with Gasteiger partial charge in [0.2, 0.25) is 0 Å². The van der Waals surface area contributed by atoms with Crippen LogP contribution in [-0.4, -0.2) is 47.7 Å². The second kappa shape index (κ2) is 5.18. The van der Waals surface area contributed by atoms with Gasteiger partial charge in [-0.25, -0.2) is 0 Å². The number of aromatic amines is 1. The molecule has 1 aromatic rings. The number of piperidine rings is 1. The van der Waals surface area contributed by atoms with Crippen molar-refractivity contribution in [3.05, 3.63) is 11.8 Å². The number of amides is 1. The quantitative estimate of drug-likeness (QED) is 0.694. The molecule has 1 fully saturated rings. The number of carbonyl (C=O) groups excluding carboxylic acids is 1. The molecule has 17 heavy (non-hydrogen) atoms. The van der Waals surface area contributed by atoms with Gasteiger partial charge in [-0.05, 0) is 38.9 Å². The summed E-state index contributed by atoms with van der Waals surface area (Å²) in [5.74, 6) is 0.790. The first-order chi connectivity index (χ1) is 8.15. The molecule has 1 aliphatic heterocycles. The highest BCUT2D eigenvalue weighted by Gasteiger charge is 2.17. The summed E-state index contributed by atoms with van der Waals surface area (Å²) < 4.78 is 0. The van der Waals surface area contributed by atoms with Crippen molar-refractivity contribution in [1.29, 1.82) is 0 Å². The molecule has 94 valence electrons. The Morgan fingerprint density at radius 3 is 2.94 bits per heavy atom. The zero-order valence-corrected chi connectivity index (χ0v) is 10.1. The average Bonchev–Trinajstić information content (AvgIpc) is 2.75. The highest BCUT2D eigenvalue weighted by molar-refractivity contribution is 5.92. The van der Waals surface area contributed by atoms with Gasteiger partial charge in [-0.2, -0.15) is 5.10 Å². The van der Waals surface area contributed by atoms with Gasteiger partial charge in [0.1, 0.15) is 11.5 Å². The molecule has 6 heteroatoms. The Kier molecular flexibility index (Phi) is 3.63. The normalized spacial score (nSPS) is 18.2. The van der Waals surface area contributed by atoms with Crippen molar-refractivity contribution in [2.45, 2.75) is 12.8 Å². The van der Waals surface area contributed by atoms with Gasteiger partial charge < -0.3 is 16.0 Å². The first-order valence-corrected chi connectivity index (χ1v) is 5.93. The number of H-pyrrole nitrogens is 1. The van der Waals surface area contributed by atoms with Crippen LogP contribution in [0.2, 0.25) is 0 Å². The molecule has 0 saturated carbocycles. The molecule has 4 N–H and O–H groups in total. The van der Waals surface area contributed by atoms with Crippen molar-refractivity contribution in [1.82, 2.24) is 20.4 Å². The van der Waals surface area contributed by atoms with Gasteiger partial charge in [0, 0.05) is 12.6 Å². The van der Waals surface area contributed by atoms with E-state index in [9.17, 15) is 4.79 Å². The van der Waals surface area contributed by atoms with Gasteiger partial charge in [-0.1, -0.05) is 0 Å². The third kappa shape index (κ3) is 3.20. The molecular formula is C11H19N5O. The molecule has 1 aromatic heterocycles. The summed E-state index contributed by atoms with van der Waals surface area (Å²) in [6.07, 6.45) is 2.28. The minimum absolute atomic E-state index is 0.131. The third-order valence-corrected chi connectivity index (χ3v) is 3.23. The number of hydrogen-bond donors (Lipinski definition) is 3. The van der Waals surface area contributed by atoms with E-state index in [1.165, 1.54) is 0 Å². The fourth-order valence-corrected chi connectivity index (χ4v) is 2.05. The zero-order valence-electron chi connectivity index (χ0n) is 10.1. The SMILES string of the molecule is CN1CCC(CNC(=O)c2cc(N)n[nH]2)CC1. The Balaban J connectivity index is 1.76. The summed E-state index contributed by atoms with van der Waals surface area (Å²) in [4.78, 5) is 14.0. The molecule has 0 spiro atoms. The minimum Gasteiger partial charge on any atom is -0.382 e. The van der Waals surface area contributed by atoms with Crippen molar-refractivity contribution >= 4 is 11.7 Å². The number of nitrogens with zero attached hydrogens (tertiary/aromatic N) is 2. The number of anilines is 1. The van der Waals surface area contributed by atoms with Crippen LogP contribution in [0.5, 0.6) is 0 Å². The number of rotatable bonds is 3. The molecular weight excluding hydrogens is 218 g/mol. The van der Waals surface area contributed by atoms with Crippen molar-refractivity contribution in [2.24, 2.45) is 5.92 Å². The molecule has 1 aliphatic rings. The minimum atomic E-state index is -0.131. The van der Waals surface area contributed by atoms with Crippen molar-refractivity contribution < 1.29 is 4.79 Å². The van der Waals surface area contributed by atoms with E-state index in [-0.39, 0.29) is 5.91 Å². The van der Waals surface area contributed by atoms with Crippen LogP contribution in [0.4, 0.5) is 5.82 Å². The number of carbonyl (C=O) groups is 1. The molecule has 1 amide bonds. The van der Waals surface area contributed by atoms with E-state index < -0.39 is 0 Å². The Hall–Kier alpha value is -1.56. The Morgan fingerprint density at radius 1 is 1.65 bits per heavy atom. The van der Waals surface area contributed by atoms with Gasteiger partial charge in [-0.3, -0.25) is 9.89 Å². The molecule has 6 nitrogen and oxygen atoms in total. The van der Waals surface area contributed by atoms with Crippen LogP contribution < -0.4 is 11.1 Å². The van der Waals surface area contributed by atoms with Crippen LogP contribution in [-0.2, 0) is 0 Å². The molecule has 2 heterocycles. The smallest absolute Gasteiger partial charge is 0.269 e. The maximum Gasteiger partial charge on any atom is 0.269 e. The highest BCUT2D eigenvalue weighted by Crippen LogP contribution is 2.14. The second-order valence-electron chi connectivity index (χ2n) is 4.66. The second-order valence-corrected chi connectivity index (χ2v) is 4.66. The number of likely N-dealkylation sites (tertiary alicyclic amines) is 1. The Labute approximate surface area is 101 Å². The molecule has 0 aromatic carbocycles. The van der Waals surface area contributed by atoms with E-state index in [0.717, 1.165) is 32.5 Å². The maximum absolute atomic E-state index is 11.7. The van der Waals surface area contributed by atoms with E-state index in [0.29, 0.717) is 17.4 Å². The summed E-state index contributed by atoms with van der Waals surface area (Å²) in [5, 5.41) is 9.24. The number of hydrogen-bond acceptors (Lipinski definition) is 4. The number of nitrogens with one attached hydrogen (secondary N) is 2. The lowest BCUT2D eigenvalue weighted by molar-refractivity contribution is 0.0934. The molecule has 0 atom stereocenters. The van der Waals surface area contributed by atoms with Crippen LogP contribution >= 0.6 is 0 Å². The van der Waals surface area contributed by atoms with Crippen LogP contribution in [0.15, 0.2) is 6.07 Å². The van der Waals surface area contributed by atoms with Crippen LogP contribution in [0, 0.1) is 5.92 Å². The first kappa shape index (κ1) is 11.9. The topological polar surface area (TPSA) is 87.0 Å². The molecule has 0 unspecified atom stereocenters. The van der Waals surface area contributed by atoms with Crippen LogP contribution in [0.25, 0.3) is 0 Å². The van der Waals surface area contributed by atoms with Crippen molar-refractivity contribution in [3.8, 4) is 0 Å². The lowest BCUT2D eigenvalue weighted by Crippen LogP contribution is -2.36. The Bertz CT molecular complexity index is 381. The van der Waals surface area contributed by atoms with E-state index in [1.807, 2.05) is 0 Å². The van der Waals surface area contributed by atoms with E-state index in [1.54, 1.807) is 6.07 Å². The standard InChI is InChI=1S/C11H19N5O/c1-16-4-2-8(3-5-16)7-13-11(17)9-6-10(12)15-14-9/h6,8H,2-5,7H2,1H3,(H,13,17)(H3,12,14,15). The van der Waals surface area contributed by atoms with Gasteiger partial charge in [0.15, 0.2) is 0 Å². The van der Waals surface area contributed by atoms with Gasteiger partial charge in [0.05, 0.1) is 0 Å². The summed E-state index contributed by atoms with van der Waals surface area (Å²) in [5.41, 5.74) is 5.87. The lowest BCUT2D eigenvalue weighted by atomic mass is 9.97. The Morgan fingerprint density at radius 2 is 2.35 bits per heavy atom. The number of nitrogens with two attached hydrogens (primary N) is 1. The zero-order chi connectivity index (χ0) is 12.3. The van der Waals surface area contributed by atoms with Crippen LogP contribution in [0.3, 0.4) is 0 Å². The summed E-state index contributed by atoms with van der Waals surface area (Å²) >= 11 is 0. The summed E-state index contributed by atoms with van der Waals surface area (Å²) in [6, 6.07) is 1.55. The summed E-state index contributed by atoms with van der Waals surface area (Å²) in [6.45, 7) is 2.95.